The average Bonchev–Trinajstić information content (AvgIpc) is 3.13. The number of fused-ring (bicyclic) bond motifs is 1. The fourth-order valence-electron chi connectivity index (χ4n) is 3.11. The molecule has 2 aliphatic heterocycles. The zero-order valence-electron chi connectivity index (χ0n) is 13.1. The SMILES string of the molecule is Cc1c(Cl)cccc1N1C(=O)C2ON=C(c3ccc(Br)cc3)C2C1=O. The van der Waals surface area contributed by atoms with E-state index in [4.69, 9.17) is 16.4 Å². The molecule has 2 heterocycles. The van der Waals surface area contributed by atoms with Crippen molar-refractivity contribution in [2.45, 2.75) is 13.0 Å². The maximum atomic E-state index is 13.0. The first-order valence-corrected chi connectivity index (χ1v) is 8.78. The third kappa shape index (κ3) is 2.48. The van der Waals surface area contributed by atoms with Crippen LogP contribution < -0.4 is 4.90 Å². The van der Waals surface area contributed by atoms with Gasteiger partial charge < -0.3 is 4.84 Å². The Morgan fingerprint density at radius 3 is 2.56 bits per heavy atom. The van der Waals surface area contributed by atoms with Crippen LogP contribution in [0.3, 0.4) is 0 Å². The maximum absolute atomic E-state index is 13.0. The summed E-state index contributed by atoms with van der Waals surface area (Å²) in [5, 5.41) is 4.49. The first kappa shape index (κ1) is 16.3. The molecule has 0 N–H and O–H groups in total. The number of benzene rings is 2. The summed E-state index contributed by atoms with van der Waals surface area (Å²) in [4.78, 5) is 32.2. The highest BCUT2D eigenvalue weighted by atomic mass is 79.9. The molecule has 2 aromatic rings. The van der Waals surface area contributed by atoms with Gasteiger partial charge in [-0.15, -0.1) is 0 Å². The molecular weight excluding hydrogens is 408 g/mol. The van der Waals surface area contributed by atoms with Crippen molar-refractivity contribution in [3.63, 3.8) is 0 Å². The molecule has 0 radical (unpaired) electrons. The smallest absolute Gasteiger partial charge is 0.278 e. The first-order chi connectivity index (χ1) is 12.0. The third-order valence-electron chi connectivity index (χ3n) is 4.43. The summed E-state index contributed by atoms with van der Waals surface area (Å²) >= 11 is 9.51. The molecule has 0 spiro atoms. The zero-order valence-corrected chi connectivity index (χ0v) is 15.4. The lowest BCUT2D eigenvalue weighted by atomic mass is 9.94. The molecule has 4 rings (SSSR count). The Bertz CT molecular complexity index is 926. The van der Waals surface area contributed by atoms with E-state index < -0.39 is 17.9 Å². The molecule has 1 fully saturated rings. The lowest BCUT2D eigenvalue weighted by Gasteiger charge is -2.18. The summed E-state index contributed by atoms with van der Waals surface area (Å²) in [7, 11) is 0. The van der Waals surface area contributed by atoms with Crippen molar-refractivity contribution in [3.8, 4) is 0 Å². The lowest BCUT2D eigenvalue weighted by Crippen LogP contribution is -2.33. The number of amides is 2. The molecule has 5 nitrogen and oxygen atoms in total. The minimum Gasteiger partial charge on any atom is -0.381 e. The molecule has 25 heavy (non-hydrogen) atoms. The highest BCUT2D eigenvalue weighted by molar-refractivity contribution is 9.10. The minimum atomic E-state index is -0.926. The van der Waals surface area contributed by atoms with Gasteiger partial charge in [0.25, 0.3) is 5.91 Å². The standard InChI is InChI=1S/C18H12BrClN2O3/c1-9-12(20)3-2-4-13(9)22-17(23)14-15(21-25-16(14)18(22)24)10-5-7-11(19)8-6-10/h2-8,14,16H,1H3. The van der Waals surface area contributed by atoms with Crippen molar-refractivity contribution in [3.05, 3.63) is 63.1 Å². The van der Waals surface area contributed by atoms with Gasteiger partial charge in [-0.05, 0) is 36.8 Å². The van der Waals surface area contributed by atoms with Crippen molar-refractivity contribution in [2.75, 3.05) is 4.90 Å². The highest BCUT2D eigenvalue weighted by Gasteiger charge is 2.56. The Balaban J connectivity index is 1.73. The number of oxime groups is 1. The number of rotatable bonds is 2. The summed E-state index contributed by atoms with van der Waals surface area (Å²) in [6.07, 6.45) is -0.926. The van der Waals surface area contributed by atoms with Crippen molar-refractivity contribution < 1.29 is 14.4 Å². The second-order valence-corrected chi connectivity index (χ2v) is 7.21. The Morgan fingerprint density at radius 1 is 1.12 bits per heavy atom. The number of nitrogens with zero attached hydrogens (tertiary/aromatic N) is 2. The van der Waals surface area contributed by atoms with Gasteiger partial charge in [-0.1, -0.05) is 50.9 Å². The quantitative estimate of drug-likeness (QED) is 0.697. The summed E-state index contributed by atoms with van der Waals surface area (Å²) in [6.45, 7) is 1.77. The van der Waals surface area contributed by atoms with Gasteiger partial charge in [0.1, 0.15) is 11.6 Å². The van der Waals surface area contributed by atoms with Gasteiger partial charge in [-0.25, -0.2) is 4.90 Å². The van der Waals surface area contributed by atoms with E-state index in [9.17, 15) is 9.59 Å². The predicted octanol–water partition coefficient (Wildman–Crippen LogP) is 3.70. The van der Waals surface area contributed by atoms with E-state index >= 15 is 0 Å². The van der Waals surface area contributed by atoms with Crippen molar-refractivity contribution in [2.24, 2.45) is 11.1 Å². The summed E-state index contributed by atoms with van der Waals surface area (Å²) in [5.74, 6) is -1.51. The molecule has 1 saturated heterocycles. The molecule has 2 aromatic carbocycles. The molecule has 2 unspecified atom stereocenters. The van der Waals surface area contributed by atoms with Crippen LogP contribution in [0.1, 0.15) is 11.1 Å². The Hall–Kier alpha value is -2.18. The molecule has 2 aliphatic rings. The average molecular weight is 420 g/mol. The third-order valence-corrected chi connectivity index (χ3v) is 5.37. The monoisotopic (exact) mass is 418 g/mol. The van der Waals surface area contributed by atoms with Crippen LogP contribution >= 0.6 is 27.5 Å². The van der Waals surface area contributed by atoms with Gasteiger partial charge >= 0.3 is 0 Å². The van der Waals surface area contributed by atoms with E-state index in [1.807, 2.05) is 24.3 Å². The van der Waals surface area contributed by atoms with Gasteiger partial charge in [0.15, 0.2) is 0 Å². The van der Waals surface area contributed by atoms with Crippen LogP contribution in [0.5, 0.6) is 0 Å². The molecule has 2 amide bonds. The van der Waals surface area contributed by atoms with Crippen LogP contribution in [-0.2, 0) is 14.4 Å². The van der Waals surface area contributed by atoms with E-state index in [2.05, 4.69) is 21.1 Å². The van der Waals surface area contributed by atoms with Gasteiger partial charge in [-0.3, -0.25) is 9.59 Å². The van der Waals surface area contributed by atoms with E-state index in [0.717, 1.165) is 14.9 Å². The molecule has 7 heteroatoms. The molecule has 0 aliphatic carbocycles. The van der Waals surface area contributed by atoms with E-state index in [1.165, 1.54) is 0 Å². The molecule has 0 bridgehead atoms. The van der Waals surface area contributed by atoms with Crippen LogP contribution in [0.25, 0.3) is 0 Å². The minimum absolute atomic E-state index is 0.348. The number of hydrogen-bond donors (Lipinski definition) is 0. The van der Waals surface area contributed by atoms with Crippen LogP contribution in [0.4, 0.5) is 5.69 Å². The summed E-state index contributed by atoms with van der Waals surface area (Å²) in [6, 6.07) is 12.5. The molecule has 2 atom stereocenters. The summed E-state index contributed by atoms with van der Waals surface area (Å²) in [5.41, 5.74) is 2.38. The summed E-state index contributed by atoms with van der Waals surface area (Å²) < 4.78 is 0.914. The van der Waals surface area contributed by atoms with E-state index in [0.29, 0.717) is 22.0 Å². The Kier molecular flexibility index (Phi) is 3.89. The lowest BCUT2D eigenvalue weighted by molar-refractivity contribution is -0.126. The fraction of sp³-hybridized carbons (Fsp3) is 0.167. The Labute approximate surface area is 157 Å². The van der Waals surface area contributed by atoms with Crippen LogP contribution in [0.2, 0.25) is 5.02 Å². The van der Waals surface area contributed by atoms with Crippen LogP contribution in [0.15, 0.2) is 52.1 Å². The van der Waals surface area contributed by atoms with Gasteiger partial charge in [-0.2, -0.15) is 0 Å². The van der Waals surface area contributed by atoms with E-state index in [-0.39, 0.29) is 5.91 Å². The molecule has 126 valence electrons. The maximum Gasteiger partial charge on any atom is 0.278 e. The fourth-order valence-corrected chi connectivity index (χ4v) is 3.55. The number of halogens is 2. The highest BCUT2D eigenvalue weighted by Crippen LogP contribution is 2.37. The van der Waals surface area contributed by atoms with Crippen LogP contribution in [-0.4, -0.2) is 23.6 Å². The second-order valence-electron chi connectivity index (χ2n) is 5.88. The Morgan fingerprint density at radius 2 is 1.84 bits per heavy atom. The van der Waals surface area contributed by atoms with Crippen LogP contribution in [0, 0.1) is 12.8 Å². The largest absolute Gasteiger partial charge is 0.381 e. The second kappa shape index (κ2) is 5.97. The molecule has 0 saturated carbocycles. The van der Waals surface area contributed by atoms with E-state index in [1.54, 1.807) is 25.1 Å². The predicted molar refractivity (Wildman–Crippen MR) is 97.7 cm³/mol. The van der Waals surface area contributed by atoms with Crippen molar-refractivity contribution >= 4 is 50.7 Å². The molecular formula is C18H12BrClN2O3. The normalized spacial score (nSPS) is 22.0. The number of anilines is 1. The van der Waals surface area contributed by atoms with Gasteiger partial charge in [0.2, 0.25) is 12.0 Å². The van der Waals surface area contributed by atoms with Gasteiger partial charge in [0, 0.05) is 15.1 Å². The number of carbonyl (C=O) groups is 2. The first-order valence-electron chi connectivity index (χ1n) is 7.61. The number of carbonyl (C=O) groups excluding carboxylic acids is 2. The number of hydrogen-bond acceptors (Lipinski definition) is 4. The van der Waals surface area contributed by atoms with Crippen molar-refractivity contribution in [1.82, 2.24) is 0 Å². The topological polar surface area (TPSA) is 59.0 Å². The molecule has 0 aromatic heterocycles. The number of imide groups is 1. The van der Waals surface area contributed by atoms with Gasteiger partial charge in [0.05, 0.1) is 5.69 Å². The zero-order chi connectivity index (χ0) is 17.7. The van der Waals surface area contributed by atoms with Crippen molar-refractivity contribution in [1.29, 1.82) is 0 Å².